The van der Waals surface area contributed by atoms with Crippen LogP contribution in [-0.2, 0) is 17.9 Å². The van der Waals surface area contributed by atoms with Crippen LogP contribution in [0.5, 0.6) is 0 Å². The zero-order chi connectivity index (χ0) is 13.0. The summed E-state index contributed by atoms with van der Waals surface area (Å²) < 4.78 is 2.09. The molecule has 18 heavy (non-hydrogen) atoms. The number of rotatable bonds is 7. The van der Waals surface area contributed by atoms with Gasteiger partial charge in [-0.25, -0.2) is 0 Å². The van der Waals surface area contributed by atoms with Crippen molar-refractivity contribution in [3.8, 4) is 0 Å². The first-order chi connectivity index (χ1) is 8.63. The van der Waals surface area contributed by atoms with Crippen LogP contribution in [0.15, 0.2) is 18.5 Å². The summed E-state index contributed by atoms with van der Waals surface area (Å²) in [6, 6.07) is 3.07. The highest BCUT2D eigenvalue weighted by molar-refractivity contribution is 5.76. The number of aryl methyl sites for hydroxylation is 1. The first-order valence-electron chi connectivity index (χ1n) is 6.81. The van der Waals surface area contributed by atoms with E-state index in [1.54, 1.807) is 0 Å². The second-order valence-electron chi connectivity index (χ2n) is 5.38. The van der Waals surface area contributed by atoms with E-state index >= 15 is 0 Å². The molecule has 1 heterocycles. The Morgan fingerprint density at radius 3 is 2.94 bits per heavy atom. The van der Waals surface area contributed by atoms with Gasteiger partial charge in [0.25, 0.3) is 0 Å². The van der Waals surface area contributed by atoms with Crippen molar-refractivity contribution in [3.63, 3.8) is 0 Å². The lowest BCUT2D eigenvalue weighted by molar-refractivity contribution is -0.121. The summed E-state index contributed by atoms with van der Waals surface area (Å²) in [5.41, 5.74) is 1.27. The van der Waals surface area contributed by atoms with Gasteiger partial charge in [-0.15, -0.1) is 0 Å². The number of hydrogen-bond acceptors (Lipinski definition) is 2. The quantitative estimate of drug-likeness (QED) is 0.772. The summed E-state index contributed by atoms with van der Waals surface area (Å²) in [6.45, 7) is 5.93. The van der Waals surface area contributed by atoms with E-state index in [-0.39, 0.29) is 5.91 Å². The molecular weight excluding hydrogens is 226 g/mol. The van der Waals surface area contributed by atoms with Crippen LogP contribution in [-0.4, -0.2) is 22.6 Å². The van der Waals surface area contributed by atoms with Crippen LogP contribution in [0.2, 0.25) is 0 Å². The monoisotopic (exact) mass is 249 g/mol. The van der Waals surface area contributed by atoms with Crippen molar-refractivity contribution >= 4 is 5.91 Å². The molecule has 1 aliphatic rings. The van der Waals surface area contributed by atoms with Gasteiger partial charge in [0.1, 0.15) is 0 Å². The number of nitrogens with zero attached hydrogens (tertiary/aromatic N) is 1. The lowest BCUT2D eigenvalue weighted by Crippen LogP contribution is -2.26. The minimum atomic E-state index is 0.174. The standard InChI is InChI=1S/C14H23N3O/c1-11(2)15-9-12-5-7-17(10-12)8-6-14(18)16-13-3-4-13/h5,7,10-11,13,15H,3-4,6,8-9H2,1-2H3,(H,16,18). The fourth-order valence-electron chi connectivity index (χ4n) is 1.81. The van der Waals surface area contributed by atoms with E-state index in [1.807, 2.05) is 6.20 Å². The molecule has 1 aliphatic carbocycles. The van der Waals surface area contributed by atoms with E-state index in [0.29, 0.717) is 18.5 Å². The average molecular weight is 249 g/mol. The number of hydrogen-bond donors (Lipinski definition) is 2. The number of carbonyl (C=O) groups excluding carboxylic acids is 1. The third-order valence-electron chi connectivity index (χ3n) is 3.07. The highest BCUT2D eigenvalue weighted by Gasteiger charge is 2.22. The third-order valence-corrected chi connectivity index (χ3v) is 3.07. The molecular formula is C14H23N3O. The van der Waals surface area contributed by atoms with Gasteiger partial charge in [0.15, 0.2) is 0 Å². The van der Waals surface area contributed by atoms with E-state index < -0.39 is 0 Å². The molecule has 0 aliphatic heterocycles. The van der Waals surface area contributed by atoms with Crippen LogP contribution < -0.4 is 10.6 Å². The number of amides is 1. The molecule has 0 unspecified atom stereocenters. The van der Waals surface area contributed by atoms with Gasteiger partial charge in [-0.1, -0.05) is 13.8 Å². The zero-order valence-corrected chi connectivity index (χ0v) is 11.3. The molecule has 4 heteroatoms. The Kier molecular flexibility index (Phi) is 4.42. The predicted octanol–water partition coefficient (Wildman–Crippen LogP) is 1.65. The summed E-state index contributed by atoms with van der Waals surface area (Å²) in [6.07, 6.45) is 7.03. The van der Waals surface area contributed by atoms with Gasteiger partial charge in [-0.3, -0.25) is 4.79 Å². The fraction of sp³-hybridized carbons (Fsp3) is 0.643. The van der Waals surface area contributed by atoms with Crippen molar-refractivity contribution in [3.05, 3.63) is 24.0 Å². The molecule has 0 spiro atoms. The minimum absolute atomic E-state index is 0.174. The van der Waals surface area contributed by atoms with Crippen molar-refractivity contribution in [2.45, 2.75) is 58.3 Å². The Balaban J connectivity index is 1.70. The Hall–Kier alpha value is -1.29. The topological polar surface area (TPSA) is 46.1 Å². The van der Waals surface area contributed by atoms with Gasteiger partial charge < -0.3 is 15.2 Å². The molecule has 0 bridgehead atoms. The van der Waals surface area contributed by atoms with E-state index in [2.05, 4.69) is 41.3 Å². The van der Waals surface area contributed by atoms with Gasteiger partial charge in [-0.05, 0) is 24.5 Å². The first-order valence-corrected chi connectivity index (χ1v) is 6.81. The van der Waals surface area contributed by atoms with Crippen LogP contribution in [0, 0.1) is 0 Å². The Bertz CT molecular complexity index is 393. The van der Waals surface area contributed by atoms with E-state index in [4.69, 9.17) is 0 Å². The van der Waals surface area contributed by atoms with E-state index in [1.165, 1.54) is 5.56 Å². The molecule has 0 saturated heterocycles. The average Bonchev–Trinajstić information content (AvgIpc) is 3.01. The van der Waals surface area contributed by atoms with Crippen LogP contribution in [0.1, 0.15) is 38.7 Å². The van der Waals surface area contributed by atoms with Gasteiger partial charge in [-0.2, -0.15) is 0 Å². The number of aromatic nitrogens is 1. The van der Waals surface area contributed by atoms with Crippen molar-refractivity contribution in [2.75, 3.05) is 0 Å². The summed E-state index contributed by atoms with van der Waals surface area (Å²) in [7, 11) is 0. The summed E-state index contributed by atoms with van der Waals surface area (Å²) >= 11 is 0. The van der Waals surface area contributed by atoms with Crippen molar-refractivity contribution in [2.24, 2.45) is 0 Å². The second kappa shape index (κ2) is 6.05. The minimum Gasteiger partial charge on any atom is -0.353 e. The molecule has 2 N–H and O–H groups in total. The van der Waals surface area contributed by atoms with Crippen molar-refractivity contribution < 1.29 is 4.79 Å². The molecule has 1 amide bonds. The Morgan fingerprint density at radius 2 is 2.28 bits per heavy atom. The molecule has 0 aromatic carbocycles. The third kappa shape index (κ3) is 4.53. The van der Waals surface area contributed by atoms with Crippen LogP contribution in [0.25, 0.3) is 0 Å². The van der Waals surface area contributed by atoms with E-state index in [9.17, 15) is 4.79 Å². The highest BCUT2D eigenvalue weighted by atomic mass is 16.1. The van der Waals surface area contributed by atoms with Crippen molar-refractivity contribution in [1.82, 2.24) is 15.2 Å². The molecule has 2 rings (SSSR count). The lowest BCUT2D eigenvalue weighted by atomic mass is 10.3. The molecule has 4 nitrogen and oxygen atoms in total. The summed E-state index contributed by atoms with van der Waals surface area (Å²) in [5.74, 6) is 0.174. The van der Waals surface area contributed by atoms with Gasteiger partial charge >= 0.3 is 0 Å². The Labute approximate surface area is 109 Å². The lowest BCUT2D eigenvalue weighted by Gasteiger charge is -2.06. The molecule has 0 atom stereocenters. The molecule has 1 aromatic heterocycles. The van der Waals surface area contributed by atoms with Gasteiger partial charge in [0.05, 0.1) is 0 Å². The first kappa shape index (κ1) is 13.1. The number of carbonyl (C=O) groups is 1. The van der Waals surface area contributed by atoms with Gasteiger partial charge in [0.2, 0.25) is 5.91 Å². The van der Waals surface area contributed by atoms with Crippen LogP contribution in [0.4, 0.5) is 0 Å². The Morgan fingerprint density at radius 1 is 1.50 bits per heavy atom. The fourth-order valence-corrected chi connectivity index (χ4v) is 1.81. The molecule has 1 aromatic rings. The molecule has 0 radical (unpaired) electrons. The largest absolute Gasteiger partial charge is 0.353 e. The van der Waals surface area contributed by atoms with Crippen LogP contribution in [0.3, 0.4) is 0 Å². The SMILES string of the molecule is CC(C)NCc1ccn(CCC(=O)NC2CC2)c1. The maximum absolute atomic E-state index is 11.6. The van der Waals surface area contributed by atoms with Crippen LogP contribution >= 0.6 is 0 Å². The second-order valence-corrected chi connectivity index (χ2v) is 5.38. The molecule has 100 valence electrons. The summed E-state index contributed by atoms with van der Waals surface area (Å²) in [5, 5.41) is 6.39. The normalized spacial score (nSPS) is 15.1. The maximum Gasteiger partial charge on any atom is 0.222 e. The van der Waals surface area contributed by atoms with Gasteiger partial charge in [0, 0.05) is 44.0 Å². The summed E-state index contributed by atoms with van der Waals surface area (Å²) in [4.78, 5) is 11.6. The maximum atomic E-state index is 11.6. The number of nitrogens with one attached hydrogen (secondary N) is 2. The molecule has 1 saturated carbocycles. The predicted molar refractivity (Wildman–Crippen MR) is 72.2 cm³/mol. The zero-order valence-electron chi connectivity index (χ0n) is 11.3. The van der Waals surface area contributed by atoms with Crippen molar-refractivity contribution in [1.29, 1.82) is 0 Å². The molecule has 1 fully saturated rings. The van der Waals surface area contributed by atoms with E-state index in [0.717, 1.165) is 25.9 Å². The highest BCUT2D eigenvalue weighted by Crippen LogP contribution is 2.18. The smallest absolute Gasteiger partial charge is 0.222 e.